The van der Waals surface area contributed by atoms with Crippen LogP contribution in [0.5, 0.6) is 11.5 Å². The van der Waals surface area contributed by atoms with Crippen LogP contribution in [0.2, 0.25) is 0 Å². The molecule has 0 atom stereocenters. The van der Waals surface area contributed by atoms with Crippen molar-refractivity contribution < 1.29 is 28.8 Å². The molecule has 4 amide bonds. The lowest BCUT2D eigenvalue weighted by Gasteiger charge is -2.28. The van der Waals surface area contributed by atoms with Crippen LogP contribution in [-0.4, -0.2) is 51.1 Å². The van der Waals surface area contributed by atoms with Crippen LogP contribution < -0.4 is 24.6 Å². The monoisotopic (exact) mass is 440 g/mol. The molecule has 1 aliphatic rings. The first-order valence-corrected chi connectivity index (χ1v) is 9.27. The molecule has 0 bridgehead atoms. The first-order chi connectivity index (χ1) is 15.2. The van der Waals surface area contributed by atoms with E-state index in [4.69, 9.17) is 9.47 Å². The van der Waals surface area contributed by atoms with E-state index in [0.717, 1.165) is 4.90 Å². The quantitative estimate of drug-likeness (QED) is 0.313. The summed E-state index contributed by atoms with van der Waals surface area (Å²) < 4.78 is 10.4. The third kappa shape index (κ3) is 4.08. The predicted molar refractivity (Wildman–Crippen MR) is 116 cm³/mol. The van der Waals surface area contributed by atoms with Gasteiger partial charge in [0.25, 0.3) is 17.5 Å². The average molecular weight is 440 g/mol. The van der Waals surface area contributed by atoms with Gasteiger partial charge < -0.3 is 14.4 Å². The van der Waals surface area contributed by atoms with Crippen LogP contribution in [0.1, 0.15) is 5.56 Å². The second-order valence-electron chi connectivity index (χ2n) is 6.89. The molecule has 166 valence electrons. The highest BCUT2D eigenvalue weighted by Crippen LogP contribution is 2.35. The van der Waals surface area contributed by atoms with Gasteiger partial charge in [0.1, 0.15) is 17.1 Å². The highest BCUT2D eigenvalue weighted by molar-refractivity contribution is 6.39. The number of rotatable bonds is 6. The molecule has 3 rings (SSSR count). The van der Waals surface area contributed by atoms with Crippen molar-refractivity contribution >= 4 is 41.0 Å². The average Bonchev–Trinajstić information content (AvgIpc) is 2.76. The van der Waals surface area contributed by atoms with Crippen molar-refractivity contribution in [2.45, 2.75) is 0 Å². The number of hydrogen-bond donors (Lipinski definition) is 1. The van der Waals surface area contributed by atoms with Crippen molar-refractivity contribution in [2.75, 3.05) is 38.1 Å². The van der Waals surface area contributed by atoms with Crippen LogP contribution in [0.25, 0.3) is 6.08 Å². The minimum absolute atomic E-state index is 0.0691. The van der Waals surface area contributed by atoms with Gasteiger partial charge >= 0.3 is 6.03 Å². The second-order valence-corrected chi connectivity index (χ2v) is 6.89. The highest BCUT2D eigenvalue weighted by Gasteiger charge is 2.38. The number of nitro groups is 1. The zero-order valence-electron chi connectivity index (χ0n) is 17.7. The first kappa shape index (κ1) is 22.3. The van der Waals surface area contributed by atoms with Crippen LogP contribution in [0.15, 0.2) is 42.0 Å². The number of ether oxygens (including phenoxy) is 2. The molecule has 2 aromatic carbocycles. The number of nitro benzene ring substituents is 1. The van der Waals surface area contributed by atoms with Crippen LogP contribution in [0.3, 0.4) is 0 Å². The minimum Gasteiger partial charge on any atom is -0.497 e. The van der Waals surface area contributed by atoms with Gasteiger partial charge in [0.15, 0.2) is 0 Å². The molecule has 0 radical (unpaired) electrons. The fourth-order valence-corrected chi connectivity index (χ4v) is 3.18. The van der Waals surface area contributed by atoms with Gasteiger partial charge in [-0.1, -0.05) is 0 Å². The summed E-state index contributed by atoms with van der Waals surface area (Å²) in [5, 5.41) is 13.3. The number of urea groups is 1. The number of methoxy groups -OCH3 is 2. The van der Waals surface area contributed by atoms with Gasteiger partial charge in [-0.3, -0.25) is 25.0 Å². The molecule has 0 unspecified atom stereocenters. The number of hydrogen-bond acceptors (Lipinski definition) is 8. The van der Waals surface area contributed by atoms with Crippen LogP contribution in [0.4, 0.5) is 21.9 Å². The number of nitrogens with one attached hydrogen (secondary N) is 1. The number of benzene rings is 2. The molecule has 11 heteroatoms. The van der Waals surface area contributed by atoms with E-state index < -0.39 is 22.8 Å². The summed E-state index contributed by atoms with van der Waals surface area (Å²) in [6.07, 6.45) is 1.21. The van der Waals surface area contributed by atoms with Gasteiger partial charge in [0, 0.05) is 43.5 Å². The van der Waals surface area contributed by atoms with E-state index in [1.807, 2.05) is 0 Å². The molecule has 1 saturated heterocycles. The summed E-state index contributed by atoms with van der Waals surface area (Å²) in [6, 6.07) is 7.62. The topological polar surface area (TPSA) is 131 Å². The third-order valence-corrected chi connectivity index (χ3v) is 4.73. The normalized spacial score (nSPS) is 14.9. The van der Waals surface area contributed by atoms with Gasteiger partial charge in [0.2, 0.25) is 0 Å². The molecule has 0 aromatic heterocycles. The Morgan fingerprint density at radius 2 is 1.78 bits per heavy atom. The second kappa shape index (κ2) is 8.76. The lowest BCUT2D eigenvalue weighted by Crippen LogP contribution is -2.54. The number of carbonyl (C=O) groups is 3. The smallest absolute Gasteiger partial charge is 0.336 e. The van der Waals surface area contributed by atoms with E-state index in [-0.39, 0.29) is 28.3 Å². The van der Waals surface area contributed by atoms with Crippen molar-refractivity contribution in [2.24, 2.45) is 0 Å². The maximum atomic E-state index is 13.3. The van der Waals surface area contributed by atoms with Crippen LogP contribution in [-0.2, 0) is 9.59 Å². The lowest BCUT2D eigenvalue weighted by atomic mass is 10.0. The van der Waals surface area contributed by atoms with Crippen molar-refractivity contribution in [1.29, 1.82) is 0 Å². The summed E-state index contributed by atoms with van der Waals surface area (Å²) >= 11 is 0. The molecule has 0 aliphatic carbocycles. The Kier molecular flexibility index (Phi) is 6.10. The van der Waals surface area contributed by atoms with E-state index in [2.05, 4.69) is 5.32 Å². The number of non-ortho nitro benzene ring substituents is 1. The van der Waals surface area contributed by atoms with Gasteiger partial charge in [-0.05, 0) is 24.3 Å². The Labute approximate surface area is 183 Å². The fourth-order valence-electron chi connectivity index (χ4n) is 3.18. The number of anilines is 2. The summed E-state index contributed by atoms with van der Waals surface area (Å²) in [7, 11) is 6.21. The summed E-state index contributed by atoms with van der Waals surface area (Å²) in [6.45, 7) is 0. The summed E-state index contributed by atoms with van der Waals surface area (Å²) in [5.74, 6) is -1.28. The maximum Gasteiger partial charge on any atom is 0.336 e. The van der Waals surface area contributed by atoms with E-state index in [1.54, 1.807) is 25.1 Å². The predicted octanol–water partition coefficient (Wildman–Crippen LogP) is 2.34. The van der Waals surface area contributed by atoms with Gasteiger partial charge in [-0.2, -0.15) is 0 Å². The van der Waals surface area contributed by atoms with Gasteiger partial charge in [-0.15, -0.1) is 0 Å². The van der Waals surface area contributed by atoms with E-state index in [0.29, 0.717) is 11.4 Å². The number of barbiturate groups is 1. The van der Waals surface area contributed by atoms with Crippen LogP contribution >= 0.6 is 0 Å². The molecule has 1 aliphatic heterocycles. The van der Waals surface area contributed by atoms with Crippen molar-refractivity contribution in [3.8, 4) is 11.5 Å². The zero-order valence-corrected chi connectivity index (χ0v) is 17.7. The molecule has 0 spiro atoms. The third-order valence-electron chi connectivity index (χ3n) is 4.73. The Hall–Kier alpha value is -4.41. The SMILES string of the molecule is COc1ccc(OC)c(N2C(=O)NC(=O)/C(=C/c3cc([N+](=O)[O-])ccc3N(C)C)C2=O)c1. The highest BCUT2D eigenvalue weighted by atomic mass is 16.6. The fraction of sp³-hybridized carbons (Fsp3) is 0.190. The Balaban J connectivity index is 2.16. The largest absolute Gasteiger partial charge is 0.497 e. The zero-order chi connectivity index (χ0) is 23.6. The minimum atomic E-state index is -0.962. The van der Waals surface area contributed by atoms with Gasteiger partial charge in [-0.25, -0.2) is 9.69 Å². The van der Waals surface area contributed by atoms with Crippen molar-refractivity contribution in [1.82, 2.24) is 5.32 Å². The number of amides is 4. The molecule has 2 aromatic rings. The number of imide groups is 2. The van der Waals surface area contributed by atoms with Crippen LogP contribution in [0, 0.1) is 10.1 Å². The van der Waals surface area contributed by atoms with Gasteiger partial charge in [0.05, 0.1) is 24.8 Å². The molecular weight excluding hydrogens is 420 g/mol. The molecule has 0 saturated carbocycles. The van der Waals surface area contributed by atoms with E-state index in [9.17, 15) is 24.5 Å². The summed E-state index contributed by atoms with van der Waals surface area (Å²) in [4.78, 5) is 51.4. The van der Waals surface area contributed by atoms with Crippen molar-refractivity contribution in [3.63, 3.8) is 0 Å². The molecule has 1 heterocycles. The molecule has 11 nitrogen and oxygen atoms in total. The van der Waals surface area contributed by atoms with Crippen molar-refractivity contribution in [3.05, 3.63) is 57.6 Å². The summed E-state index contributed by atoms with van der Waals surface area (Å²) in [5.41, 5.74) is 0.270. The molecule has 1 fully saturated rings. The number of nitrogens with zero attached hydrogens (tertiary/aromatic N) is 3. The Bertz CT molecular complexity index is 1160. The first-order valence-electron chi connectivity index (χ1n) is 9.27. The maximum absolute atomic E-state index is 13.3. The standard InChI is InChI=1S/C21H20N4O7/c1-23(2)16-7-5-13(25(29)30)9-12(16)10-15-19(26)22-21(28)24(20(15)27)17-11-14(31-3)6-8-18(17)32-4/h5-11H,1-4H3,(H,22,26,28)/b15-10-. The Morgan fingerprint density at radius 3 is 2.38 bits per heavy atom. The lowest BCUT2D eigenvalue weighted by molar-refractivity contribution is -0.384. The number of carbonyl (C=O) groups excluding carboxylic acids is 3. The molecule has 1 N–H and O–H groups in total. The Morgan fingerprint density at radius 1 is 1.06 bits per heavy atom. The van der Waals surface area contributed by atoms with E-state index in [1.165, 1.54) is 50.6 Å². The van der Waals surface area contributed by atoms with E-state index >= 15 is 0 Å². The molecular formula is C21H20N4O7. The molecule has 32 heavy (non-hydrogen) atoms.